The maximum atomic E-state index is 5.57. The summed E-state index contributed by atoms with van der Waals surface area (Å²) in [5, 5.41) is 8.42. The molecule has 0 aliphatic carbocycles. The van der Waals surface area contributed by atoms with Gasteiger partial charge in [0.1, 0.15) is 0 Å². The number of nitrogens with zero attached hydrogens (tertiary/aromatic N) is 5. The summed E-state index contributed by atoms with van der Waals surface area (Å²) in [6, 6.07) is 0.351. The van der Waals surface area contributed by atoms with Crippen LogP contribution in [0.2, 0.25) is 0 Å². The molecule has 0 amide bonds. The zero-order chi connectivity index (χ0) is 15.9. The first-order valence-electron chi connectivity index (χ1n) is 7.66. The van der Waals surface area contributed by atoms with E-state index in [1.807, 2.05) is 25.6 Å². The van der Waals surface area contributed by atoms with Crippen LogP contribution in [0, 0.1) is 13.8 Å². The van der Waals surface area contributed by atoms with E-state index in [1.54, 1.807) is 7.11 Å². The molecule has 0 N–H and O–H groups in total. The molecule has 1 aliphatic rings. The first-order valence-corrected chi connectivity index (χ1v) is 7.66. The molecule has 0 spiro atoms. The van der Waals surface area contributed by atoms with Gasteiger partial charge in [0.25, 0.3) is 0 Å². The molecular weight excluding hydrogens is 282 g/mol. The van der Waals surface area contributed by atoms with Crippen molar-refractivity contribution in [1.29, 1.82) is 0 Å². The lowest BCUT2D eigenvalue weighted by molar-refractivity contribution is 0.156. The lowest BCUT2D eigenvalue weighted by atomic mass is 10.0. The highest BCUT2D eigenvalue weighted by Gasteiger charge is 2.36. The molecule has 3 heterocycles. The van der Waals surface area contributed by atoms with E-state index in [0.29, 0.717) is 11.7 Å². The standard InChI is InChI=1S/C15H23N5O2/c1-9-13(15(21-5)19(4)17-9)12-7-6-8-20(12)10(2)14-16-11(3)18-22-14/h10,12H,6-8H2,1-5H3. The van der Waals surface area contributed by atoms with Crippen LogP contribution in [0.3, 0.4) is 0 Å². The molecule has 0 aromatic carbocycles. The third-order valence-corrected chi connectivity index (χ3v) is 4.43. The summed E-state index contributed by atoms with van der Waals surface area (Å²) in [5.41, 5.74) is 2.19. The van der Waals surface area contributed by atoms with Crippen LogP contribution in [0.25, 0.3) is 0 Å². The third-order valence-electron chi connectivity index (χ3n) is 4.43. The number of aromatic nitrogens is 4. The van der Waals surface area contributed by atoms with Crippen LogP contribution in [-0.4, -0.2) is 38.5 Å². The van der Waals surface area contributed by atoms with E-state index in [-0.39, 0.29) is 12.1 Å². The van der Waals surface area contributed by atoms with Crippen molar-refractivity contribution in [3.05, 3.63) is 23.0 Å². The van der Waals surface area contributed by atoms with E-state index in [2.05, 4.69) is 27.1 Å². The van der Waals surface area contributed by atoms with E-state index < -0.39 is 0 Å². The fourth-order valence-corrected chi connectivity index (χ4v) is 3.47. The molecule has 1 aliphatic heterocycles. The summed E-state index contributed by atoms with van der Waals surface area (Å²) >= 11 is 0. The zero-order valence-corrected chi connectivity index (χ0v) is 13.8. The van der Waals surface area contributed by atoms with Gasteiger partial charge in [0.2, 0.25) is 11.8 Å². The number of methoxy groups -OCH3 is 1. The third kappa shape index (κ3) is 2.39. The predicted molar refractivity (Wildman–Crippen MR) is 80.6 cm³/mol. The first-order chi connectivity index (χ1) is 10.5. The molecule has 0 radical (unpaired) electrons. The first kappa shape index (κ1) is 15.0. The van der Waals surface area contributed by atoms with E-state index in [9.17, 15) is 0 Å². The quantitative estimate of drug-likeness (QED) is 0.863. The van der Waals surface area contributed by atoms with Crippen LogP contribution in [-0.2, 0) is 7.05 Å². The summed E-state index contributed by atoms with van der Waals surface area (Å²) in [4.78, 5) is 6.78. The highest BCUT2D eigenvalue weighted by molar-refractivity contribution is 5.35. The number of ether oxygens (including phenoxy) is 1. The van der Waals surface area contributed by atoms with E-state index in [4.69, 9.17) is 9.26 Å². The van der Waals surface area contributed by atoms with Gasteiger partial charge in [0.05, 0.1) is 24.4 Å². The van der Waals surface area contributed by atoms with Gasteiger partial charge in [-0.2, -0.15) is 10.1 Å². The van der Waals surface area contributed by atoms with Gasteiger partial charge in [-0.25, -0.2) is 4.68 Å². The van der Waals surface area contributed by atoms with Gasteiger partial charge in [-0.05, 0) is 40.2 Å². The Labute approximate surface area is 130 Å². The molecule has 0 bridgehead atoms. The van der Waals surface area contributed by atoms with Gasteiger partial charge in [0.15, 0.2) is 5.82 Å². The summed E-state index contributed by atoms with van der Waals surface area (Å²) in [5.74, 6) is 2.18. The monoisotopic (exact) mass is 305 g/mol. The van der Waals surface area contributed by atoms with Crippen LogP contribution in [0.4, 0.5) is 0 Å². The van der Waals surface area contributed by atoms with Gasteiger partial charge >= 0.3 is 0 Å². The molecule has 2 atom stereocenters. The molecule has 1 saturated heterocycles. The minimum Gasteiger partial charge on any atom is -0.481 e. The largest absolute Gasteiger partial charge is 0.481 e. The normalized spacial score (nSPS) is 20.5. The molecule has 2 aromatic rings. The van der Waals surface area contributed by atoms with Gasteiger partial charge in [-0.1, -0.05) is 5.16 Å². The number of likely N-dealkylation sites (tertiary alicyclic amines) is 1. The van der Waals surface area contributed by atoms with E-state index in [1.165, 1.54) is 5.56 Å². The summed E-state index contributed by atoms with van der Waals surface area (Å²) in [6.45, 7) is 7.00. The Morgan fingerprint density at radius 1 is 1.36 bits per heavy atom. The number of hydrogen-bond acceptors (Lipinski definition) is 6. The van der Waals surface area contributed by atoms with Gasteiger partial charge in [-0.3, -0.25) is 4.90 Å². The maximum Gasteiger partial charge on any atom is 0.243 e. The fourth-order valence-electron chi connectivity index (χ4n) is 3.47. The van der Waals surface area contributed by atoms with Crippen LogP contribution in [0.1, 0.15) is 54.8 Å². The number of aryl methyl sites for hydroxylation is 3. The zero-order valence-electron chi connectivity index (χ0n) is 13.8. The summed E-state index contributed by atoms with van der Waals surface area (Å²) in [6.07, 6.45) is 2.22. The molecule has 22 heavy (non-hydrogen) atoms. The second-order valence-corrected chi connectivity index (χ2v) is 5.88. The van der Waals surface area contributed by atoms with Crippen molar-refractivity contribution in [2.24, 2.45) is 7.05 Å². The van der Waals surface area contributed by atoms with Crippen molar-refractivity contribution in [3.8, 4) is 5.88 Å². The van der Waals surface area contributed by atoms with Crippen molar-refractivity contribution in [2.45, 2.75) is 45.7 Å². The minimum absolute atomic E-state index is 0.0815. The Balaban J connectivity index is 1.94. The number of hydrogen-bond donors (Lipinski definition) is 0. The molecule has 2 aromatic heterocycles. The Morgan fingerprint density at radius 3 is 2.77 bits per heavy atom. The highest BCUT2D eigenvalue weighted by atomic mass is 16.5. The highest BCUT2D eigenvalue weighted by Crippen LogP contribution is 2.42. The van der Waals surface area contributed by atoms with Crippen molar-refractivity contribution in [3.63, 3.8) is 0 Å². The summed E-state index contributed by atoms with van der Waals surface area (Å²) in [7, 11) is 3.61. The SMILES string of the molecule is COc1c(C2CCCN2C(C)c2nc(C)no2)c(C)nn1C. The molecule has 7 nitrogen and oxygen atoms in total. The fraction of sp³-hybridized carbons (Fsp3) is 0.667. The molecule has 3 rings (SSSR count). The topological polar surface area (TPSA) is 69.2 Å². The van der Waals surface area contributed by atoms with Gasteiger partial charge < -0.3 is 9.26 Å². The van der Waals surface area contributed by atoms with Crippen molar-refractivity contribution in [2.75, 3.05) is 13.7 Å². The van der Waals surface area contributed by atoms with Gasteiger partial charge in [-0.15, -0.1) is 0 Å². The molecule has 7 heteroatoms. The van der Waals surface area contributed by atoms with Crippen LogP contribution >= 0.6 is 0 Å². The minimum atomic E-state index is 0.0815. The maximum absolute atomic E-state index is 5.57. The van der Waals surface area contributed by atoms with Gasteiger partial charge in [0, 0.05) is 13.1 Å². The second kappa shape index (κ2) is 5.72. The van der Waals surface area contributed by atoms with E-state index >= 15 is 0 Å². The molecule has 1 fully saturated rings. The van der Waals surface area contributed by atoms with Crippen molar-refractivity contribution >= 4 is 0 Å². The predicted octanol–water partition coefficient (Wildman–Crippen LogP) is 2.33. The Kier molecular flexibility index (Phi) is 3.90. The summed E-state index contributed by atoms with van der Waals surface area (Å²) < 4.78 is 12.7. The Hall–Kier alpha value is -1.89. The Bertz CT molecular complexity index is 663. The smallest absolute Gasteiger partial charge is 0.243 e. The van der Waals surface area contributed by atoms with Crippen LogP contribution in [0.5, 0.6) is 5.88 Å². The van der Waals surface area contributed by atoms with E-state index in [0.717, 1.165) is 31.0 Å². The lowest BCUT2D eigenvalue weighted by Gasteiger charge is -2.28. The molecular formula is C15H23N5O2. The average molecular weight is 305 g/mol. The van der Waals surface area contributed by atoms with Crippen molar-refractivity contribution in [1.82, 2.24) is 24.8 Å². The lowest BCUT2D eigenvalue weighted by Crippen LogP contribution is -2.27. The second-order valence-electron chi connectivity index (χ2n) is 5.88. The molecule has 0 saturated carbocycles. The van der Waals surface area contributed by atoms with Crippen molar-refractivity contribution < 1.29 is 9.26 Å². The average Bonchev–Trinajstić information content (AvgIpc) is 3.16. The van der Waals surface area contributed by atoms with Crippen LogP contribution < -0.4 is 4.74 Å². The molecule has 2 unspecified atom stereocenters. The van der Waals surface area contributed by atoms with Crippen LogP contribution in [0.15, 0.2) is 4.52 Å². The number of rotatable bonds is 4. The Morgan fingerprint density at radius 2 is 2.14 bits per heavy atom. The molecule has 120 valence electrons.